The second kappa shape index (κ2) is 8.53. The highest BCUT2D eigenvalue weighted by Gasteiger charge is 2.27. The number of hydrogen-bond acceptors (Lipinski definition) is 4. The number of benzene rings is 2. The van der Waals surface area contributed by atoms with Crippen molar-refractivity contribution in [3.63, 3.8) is 0 Å². The molecule has 0 spiro atoms. The number of nitrogens with zero attached hydrogens (tertiary/aromatic N) is 2. The van der Waals surface area contributed by atoms with Gasteiger partial charge in [-0.05, 0) is 44.2 Å². The minimum atomic E-state index is -4.00. The Bertz CT molecular complexity index is 928. The number of sulfonamides is 1. The van der Waals surface area contributed by atoms with E-state index >= 15 is 0 Å². The number of hydrazone groups is 1. The van der Waals surface area contributed by atoms with Gasteiger partial charge in [0.05, 0.1) is 20.6 Å². The van der Waals surface area contributed by atoms with Crippen LogP contribution in [-0.2, 0) is 14.8 Å². The molecule has 0 fully saturated rings. The Morgan fingerprint density at radius 2 is 1.73 bits per heavy atom. The van der Waals surface area contributed by atoms with Crippen molar-refractivity contribution in [3.8, 4) is 0 Å². The lowest BCUT2D eigenvalue weighted by molar-refractivity contribution is -0.119. The average molecular weight is 414 g/mol. The molecule has 1 N–H and O–H groups in total. The third-order valence-corrected chi connectivity index (χ3v) is 5.74. The summed E-state index contributed by atoms with van der Waals surface area (Å²) < 4.78 is 27.0. The summed E-state index contributed by atoms with van der Waals surface area (Å²) in [6.07, 6.45) is 0. The molecule has 0 radical (unpaired) electrons. The summed E-state index contributed by atoms with van der Waals surface area (Å²) in [6, 6.07) is 12.2. The fourth-order valence-electron chi connectivity index (χ4n) is 2.01. The number of carbonyl (C=O) groups is 1. The first kappa shape index (κ1) is 20.2. The number of rotatable bonds is 6. The van der Waals surface area contributed by atoms with Crippen molar-refractivity contribution >= 4 is 50.5 Å². The zero-order chi connectivity index (χ0) is 19.3. The molecule has 6 nitrogen and oxygen atoms in total. The van der Waals surface area contributed by atoms with Gasteiger partial charge in [-0.25, -0.2) is 13.8 Å². The monoisotopic (exact) mass is 413 g/mol. The highest BCUT2D eigenvalue weighted by Crippen LogP contribution is 2.30. The van der Waals surface area contributed by atoms with Gasteiger partial charge in [0, 0.05) is 5.71 Å². The summed E-state index contributed by atoms with van der Waals surface area (Å²) >= 11 is 11.9. The quantitative estimate of drug-likeness (QED) is 0.578. The zero-order valence-electron chi connectivity index (χ0n) is 14.1. The molecule has 9 heteroatoms. The van der Waals surface area contributed by atoms with Crippen LogP contribution in [0, 0.1) is 0 Å². The van der Waals surface area contributed by atoms with E-state index in [1.807, 2.05) is 0 Å². The van der Waals surface area contributed by atoms with Crippen molar-refractivity contribution in [1.29, 1.82) is 0 Å². The molecule has 0 aliphatic heterocycles. The third kappa shape index (κ3) is 4.97. The van der Waals surface area contributed by atoms with Gasteiger partial charge < -0.3 is 0 Å². The number of halogens is 2. The summed E-state index contributed by atoms with van der Waals surface area (Å²) in [5, 5.41) is 4.27. The number of carbonyl (C=O) groups excluding carboxylic acids is 1. The van der Waals surface area contributed by atoms with Crippen LogP contribution in [0.5, 0.6) is 0 Å². The Labute approximate surface area is 162 Å². The minimum absolute atomic E-state index is 0.0500. The lowest BCUT2D eigenvalue weighted by Gasteiger charge is -2.24. The van der Waals surface area contributed by atoms with Crippen molar-refractivity contribution in [2.75, 3.05) is 10.8 Å². The second-order valence-corrected chi connectivity index (χ2v) is 8.19. The molecule has 0 unspecified atom stereocenters. The molecule has 0 aliphatic rings. The molecule has 2 aromatic rings. The van der Waals surface area contributed by atoms with E-state index in [1.165, 1.54) is 30.3 Å². The molecule has 2 rings (SSSR count). The average Bonchev–Trinajstić information content (AvgIpc) is 2.61. The van der Waals surface area contributed by atoms with Gasteiger partial charge >= 0.3 is 0 Å². The normalized spacial score (nSPS) is 10.9. The fourth-order valence-corrected chi connectivity index (χ4v) is 3.74. The zero-order valence-corrected chi connectivity index (χ0v) is 16.4. The number of nitrogens with one attached hydrogen (secondary N) is 1. The topological polar surface area (TPSA) is 78.8 Å². The van der Waals surface area contributed by atoms with E-state index in [9.17, 15) is 13.2 Å². The van der Waals surface area contributed by atoms with Crippen molar-refractivity contribution in [1.82, 2.24) is 5.43 Å². The van der Waals surface area contributed by atoms with Gasteiger partial charge in [0.2, 0.25) is 0 Å². The van der Waals surface area contributed by atoms with Crippen molar-refractivity contribution in [3.05, 3.63) is 58.6 Å². The van der Waals surface area contributed by atoms with Crippen LogP contribution in [0.4, 0.5) is 5.69 Å². The van der Waals surface area contributed by atoms with E-state index < -0.39 is 22.5 Å². The summed E-state index contributed by atoms with van der Waals surface area (Å²) in [6.45, 7) is 2.95. The number of amides is 1. The van der Waals surface area contributed by atoms with E-state index in [4.69, 9.17) is 23.2 Å². The van der Waals surface area contributed by atoms with Crippen molar-refractivity contribution in [2.24, 2.45) is 5.10 Å². The van der Waals surface area contributed by atoms with Crippen molar-refractivity contribution in [2.45, 2.75) is 18.7 Å². The molecule has 1 amide bonds. The van der Waals surface area contributed by atoms with Gasteiger partial charge in [-0.3, -0.25) is 9.10 Å². The Kier molecular flexibility index (Phi) is 6.63. The van der Waals surface area contributed by atoms with Crippen LogP contribution in [0.2, 0.25) is 10.0 Å². The maximum absolute atomic E-state index is 13.0. The first-order valence-corrected chi connectivity index (χ1v) is 9.74. The summed E-state index contributed by atoms with van der Waals surface area (Å²) in [5.74, 6) is -0.586. The molecule has 0 saturated carbocycles. The highest BCUT2D eigenvalue weighted by molar-refractivity contribution is 7.92. The summed E-state index contributed by atoms with van der Waals surface area (Å²) in [4.78, 5) is 12.2. The Balaban J connectivity index is 2.46. The minimum Gasteiger partial charge on any atom is -0.271 e. The van der Waals surface area contributed by atoms with Gasteiger partial charge in [-0.15, -0.1) is 0 Å². The Morgan fingerprint density at radius 1 is 1.08 bits per heavy atom. The smallest absolute Gasteiger partial charge is 0.264 e. The van der Waals surface area contributed by atoms with Gasteiger partial charge in [0.15, 0.2) is 0 Å². The van der Waals surface area contributed by atoms with Gasteiger partial charge in [-0.2, -0.15) is 5.10 Å². The molecule has 0 aliphatic carbocycles. The van der Waals surface area contributed by atoms with E-state index in [2.05, 4.69) is 10.5 Å². The molecule has 0 bridgehead atoms. The SMILES string of the molecule is CC(C)=NNC(=O)CN(c1ccc(Cl)c(Cl)c1)S(=O)(=O)c1ccccc1. The van der Waals surface area contributed by atoms with Gasteiger partial charge in [-0.1, -0.05) is 41.4 Å². The number of hydrogen-bond donors (Lipinski definition) is 1. The molecule has 138 valence electrons. The number of anilines is 1. The largest absolute Gasteiger partial charge is 0.271 e. The first-order valence-electron chi connectivity index (χ1n) is 7.54. The molecule has 26 heavy (non-hydrogen) atoms. The lowest BCUT2D eigenvalue weighted by Crippen LogP contribution is -2.39. The van der Waals surface area contributed by atoms with Crippen LogP contribution in [0.25, 0.3) is 0 Å². The van der Waals surface area contributed by atoms with Crippen LogP contribution in [-0.4, -0.2) is 26.6 Å². The van der Waals surface area contributed by atoms with Crippen LogP contribution in [0.1, 0.15) is 13.8 Å². The van der Waals surface area contributed by atoms with Gasteiger partial charge in [0.25, 0.3) is 15.9 Å². The molecule has 0 heterocycles. The van der Waals surface area contributed by atoms with Crippen LogP contribution >= 0.6 is 23.2 Å². The molecule has 2 aromatic carbocycles. The standard InChI is InChI=1S/C17H17Cl2N3O3S/c1-12(2)20-21-17(23)11-22(13-8-9-15(18)16(19)10-13)26(24,25)14-6-4-3-5-7-14/h3-10H,11H2,1-2H3,(H,21,23). The fraction of sp³-hybridized carbons (Fsp3) is 0.176. The molecule has 0 atom stereocenters. The second-order valence-electron chi connectivity index (χ2n) is 5.52. The molecule has 0 aromatic heterocycles. The predicted molar refractivity (Wildman–Crippen MR) is 104 cm³/mol. The summed E-state index contributed by atoms with van der Waals surface area (Å²) in [5.41, 5.74) is 3.16. The van der Waals surface area contributed by atoms with Crippen molar-refractivity contribution < 1.29 is 13.2 Å². The molecule has 0 saturated heterocycles. The molecular weight excluding hydrogens is 397 g/mol. The van der Waals surface area contributed by atoms with Crippen LogP contribution in [0.3, 0.4) is 0 Å². The highest BCUT2D eigenvalue weighted by atomic mass is 35.5. The van der Waals surface area contributed by atoms with Crippen LogP contribution < -0.4 is 9.73 Å². The van der Waals surface area contributed by atoms with E-state index in [1.54, 1.807) is 32.0 Å². The third-order valence-electron chi connectivity index (χ3n) is 3.21. The summed E-state index contributed by atoms with van der Waals surface area (Å²) in [7, 11) is -4.00. The van der Waals surface area contributed by atoms with E-state index in [-0.39, 0.29) is 20.6 Å². The van der Waals surface area contributed by atoms with E-state index in [0.29, 0.717) is 5.71 Å². The molecular formula is C17H17Cl2N3O3S. The lowest BCUT2D eigenvalue weighted by atomic mass is 10.3. The van der Waals surface area contributed by atoms with Gasteiger partial charge in [0.1, 0.15) is 6.54 Å². The Hall–Kier alpha value is -2.09. The van der Waals surface area contributed by atoms with Crippen LogP contribution in [0.15, 0.2) is 58.5 Å². The van der Waals surface area contributed by atoms with E-state index in [0.717, 1.165) is 4.31 Å². The maximum atomic E-state index is 13.0. The Morgan fingerprint density at radius 3 is 2.31 bits per heavy atom. The first-order chi connectivity index (χ1) is 12.2. The predicted octanol–water partition coefficient (Wildman–Crippen LogP) is 3.70. The maximum Gasteiger partial charge on any atom is 0.264 e.